The number of furan rings is 1. The van der Waals surface area contributed by atoms with Crippen molar-refractivity contribution < 1.29 is 4.42 Å². The maximum atomic E-state index is 6.11. The normalized spacial score (nSPS) is 19.4. The lowest BCUT2D eigenvalue weighted by Crippen LogP contribution is -2.27. The van der Waals surface area contributed by atoms with Gasteiger partial charge in [0, 0.05) is 36.6 Å². The number of benzene rings is 1. The molecule has 2 aromatic rings. The summed E-state index contributed by atoms with van der Waals surface area (Å²) >= 11 is 0. The first-order chi connectivity index (χ1) is 10.4. The van der Waals surface area contributed by atoms with E-state index in [4.69, 9.17) is 4.42 Å². The topological polar surface area (TPSA) is 28.4 Å². The Kier molecular flexibility index (Phi) is 3.53. The summed E-state index contributed by atoms with van der Waals surface area (Å²) in [5, 5.41) is 4.86. The average molecular weight is 282 g/mol. The first kappa shape index (κ1) is 13.1. The second kappa shape index (κ2) is 5.66. The molecule has 1 saturated carbocycles. The summed E-state index contributed by atoms with van der Waals surface area (Å²) in [5.74, 6) is 1.12. The number of rotatable bonds is 5. The van der Waals surface area contributed by atoms with Crippen LogP contribution in [0.3, 0.4) is 0 Å². The molecule has 1 aliphatic carbocycles. The summed E-state index contributed by atoms with van der Waals surface area (Å²) in [5.41, 5.74) is 2.39. The van der Waals surface area contributed by atoms with Gasteiger partial charge in [0.15, 0.2) is 0 Å². The lowest BCUT2D eigenvalue weighted by molar-refractivity contribution is 0.288. The molecule has 3 nitrogen and oxygen atoms in total. The van der Waals surface area contributed by atoms with Crippen LogP contribution in [-0.2, 0) is 13.1 Å². The van der Waals surface area contributed by atoms with E-state index in [1.165, 1.54) is 23.8 Å². The van der Waals surface area contributed by atoms with Gasteiger partial charge in [-0.15, -0.1) is 0 Å². The molecule has 0 unspecified atom stereocenters. The van der Waals surface area contributed by atoms with E-state index in [1.807, 2.05) is 0 Å². The van der Waals surface area contributed by atoms with E-state index < -0.39 is 0 Å². The first-order valence-corrected chi connectivity index (χ1v) is 8.00. The van der Waals surface area contributed by atoms with Crippen molar-refractivity contribution in [1.29, 1.82) is 0 Å². The highest BCUT2D eigenvalue weighted by Gasteiger charge is 2.23. The quantitative estimate of drug-likeness (QED) is 0.852. The van der Waals surface area contributed by atoms with E-state index in [1.54, 1.807) is 0 Å². The summed E-state index contributed by atoms with van der Waals surface area (Å²) in [4.78, 5) is 2.50. The van der Waals surface area contributed by atoms with Crippen molar-refractivity contribution in [2.75, 3.05) is 13.1 Å². The van der Waals surface area contributed by atoms with Gasteiger partial charge in [0.25, 0.3) is 0 Å². The zero-order valence-corrected chi connectivity index (χ0v) is 12.3. The maximum Gasteiger partial charge on any atom is 0.134 e. The van der Waals surface area contributed by atoms with Gasteiger partial charge < -0.3 is 9.73 Å². The molecule has 1 aromatic heterocycles. The van der Waals surface area contributed by atoms with Crippen LogP contribution in [0.15, 0.2) is 40.8 Å². The zero-order valence-electron chi connectivity index (χ0n) is 12.3. The summed E-state index contributed by atoms with van der Waals surface area (Å²) in [7, 11) is 0. The Morgan fingerprint density at radius 2 is 2.10 bits per heavy atom. The Morgan fingerprint density at radius 3 is 2.90 bits per heavy atom. The molecule has 3 heteroatoms. The fraction of sp³-hybridized carbons (Fsp3) is 0.444. The molecule has 2 heterocycles. The van der Waals surface area contributed by atoms with E-state index >= 15 is 0 Å². The molecule has 1 N–H and O–H groups in total. The second-order valence-electron chi connectivity index (χ2n) is 6.15. The van der Waals surface area contributed by atoms with Crippen LogP contribution in [-0.4, -0.2) is 24.0 Å². The minimum atomic E-state index is 0.712. The summed E-state index contributed by atoms with van der Waals surface area (Å²) in [6.07, 6.45) is 8.33. The Morgan fingerprint density at radius 1 is 1.19 bits per heavy atom. The van der Waals surface area contributed by atoms with E-state index in [0.29, 0.717) is 6.04 Å². The van der Waals surface area contributed by atoms with Crippen LogP contribution in [0.2, 0.25) is 0 Å². The standard InChI is InChI=1S/C18H22N2O/c1-4-10-20(11-5-1)13-16-15-6-2-3-7-17(15)21-18(16)12-19-14-8-9-14/h1-4,6-7,14,19H,5,8-13H2. The van der Waals surface area contributed by atoms with Crippen molar-refractivity contribution in [3.63, 3.8) is 0 Å². The zero-order chi connectivity index (χ0) is 14.1. The highest BCUT2D eigenvalue weighted by atomic mass is 16.3. The molecule has 0 amide bonds. The Hall–Kier alpha value is -1.58. The van der Waals surface area contributed by atoms with E-state index in [-0.39, 0.29) is 0 Å². The Labute approximate surface area is 125 Å². The third-order valence-electron chi connectivity index (χ3n) is 4.43. The monoisotopic (exact) mass is 282 g/mol. The Balaban J connectivity index is 1.62. The van der Waals surface area contributed by atoms with Crippen molar-refractivity contribution >= 4 is 11.0 Å². The predicted octanol–water partition coefficient (Wildman–Crippen LogP) is 3.45. The number of nitrogens with one attached hydrogen (secondary N) is 1. The largest absolute Gasteiger partial charge is 0.459 e. The van der Waals surface area contributed by atoms with Gasteiger partial charge in [-0.05, 0) is 25.3 Å². The third-order valence-corrected chi connectivity index (χ3v) is 4.43. The molecular formula is C18H22N2O. The fourth-order valence-corrected chi connectivity index (χ4v) is 3.05. The van der Waals surface area contributed by atoms with Crippen LogP contribution < -0.4 is 5.32 Å². The molecular weight excluding hydrogens is 260 g/mol. The minimum absolute atomic E-state index is 0.712. The van der Waals surface area contributed by atoms with E-state index in [2.05, 4.69) is 46.6 Å². The van der Waals surface area contributed by atoms with Crippen molar-refractivity contribution in [3.05, 3.63) is 47.7 Å². The van der Waals surface area contributed by atoms with Crippen LogP contribution in [0.1, 0.15) is 30.6 Å². The molecule has 21 heavy (non-hydrogen) atoms. The predicted molar refractivity (Wildman–Crippen MR) is 85.1 cm³/mol. The molecule has 1 aliphatic heterocycles. The summed E-state index contributed by atoms with van der Waals surface area (Å²) < 4.78 is 6.11. The van der Waals surface area contributed by atoms with Crippen molar-refractivity contribution in [3.8, 4) is 0 Å². The third kappa shape index (κ3) is 2.89. The molecule has 0 spiro atoms. The highest BCUT2D eigenvalue weighted by molar-refractivity contribution is 5.82. The van der Waals surface area contributed by atoms with Gasteiger partial charge in [0.1, 0.15) is 11.3 Å². The smallest absolute Gasteiger partial charge is 0.134 e. The van der Waals surface area contributed by atoms with Gasteiger partial charge in [0.2, 0.25) is 0 Å². The number of para-hydroxylation sites is 1. The molecule has 0 radical (unpaired) electrons. The minimum Gasteiger partial charge on any atom is -0.459 e. The van der Waals surface area contributed by atoms with Crippen molar-refractivity contribution in [2.24, 2.45) is 0 Å². The summed E-state index contributed by atoms with van der Waals surface area (Å²) in [6.45, 7) is 4.04. The average Bonchev–Trinajstić information content (AvgIpc) is 3.30. The molecule has 2 aliphatic rings. The highest BCUT2D eigenvalue weighted by Crippen LogP contribution is 2.28. The summed E-state index contributed by atoms with van der Waals surface area (Å²) in [6, 6.07) is 9.14. The van der Waals surface area contributed by atoms with Gasteiger partial charge in [-0.1, -0.05) is 30.4 Å². The number of hydrogen-bond donors (Lipinski definition) is 1. The van der Waals surface area contributed by atoms with Gasteiger partial charge in [-0.2, -0.15) is 0 Å². The SMILES string of the molecule is C1=CCN(Cc2c(CNC3CC3)oc3ccccc23)CC1. The van der Waals surface area contributed by atoms with Gasteiger partial charge in [0.05, 0.1) is 6.54 Å². The molecule has 1 aromatic carbocycles. The maximum absolute atomic E-state index is 6.11. The Bertz CT molecular complexity index is 654. The molecule has 110 valence electrons. The first-order valence-electron chi connectivity index (χ1n) is 8.00. The lowest BCUT2D eigenvalue weighted by atomic mass is 10.1. The lowest BCUT2D eigenvalue weighted by Gasteiger charge is -2.23. The fourth-order valence-electron chi connectivity index (χ4n) is 3.05. The van der Waals surface area contributed by atoms with Gasteiger partial charge in [-0.3, -0.25) is 4.90 Å². The number of fused-ring (bicyclic) bond motifs is 1. The van der Waals surface area contributed by atoms with Crippen molar-refractivity contribution in [1.82, 2.24) is 10.2 Å². The second-order valence-corrected chi connectivity index (χ2v) is 6.15. The van der Waals surface area contributed by atoms with Gasteiger partial charge in [-0.25, -0.2) is 0 Å². The van der Waals surface area contributed by atoms with Crippen LogP contribution in [0.25, 0.3) is 11.0 Å². The number of hydrogen-bond acceptors (Lipinski definition) is 3. The van der Waals surface area contributed by atoms with Crippen LogP contribution in [0, 0.1) is 0 Å². The number of nitrogens with zero attached hydrogens (tertiary/aromatic N) is 1. The molecule has 0 saturated heterocycles. The molecule has 1 fully saturated rings. The van der Waals surface area contributed by atoms with Crippen LogP contribution in [0.4, 0.5) is 0 Å². The molecule has 0 bridgehead atoms. The van der Waals surface area contributed by atoms with E-state index in [0.717, 1.165) is 43.9 Å². The van der Waals surface area contributed by atoms with Crippen LogP contribution >= 0.6 is 0 Å². The van der Waals surface area contributed by atoms with Crippen LogP contribution in [0.5, 0.6) is 0 Å². The molecule has 4 rings (SSSR count). The molecule has 0 atom stereocenters. The van der Waals surface area contributed by atoms with Gasteiger partial charge >= 0.3 is 0 Å². The van der Waals surface area contributed by atoms with Crippen molar-refractivity contribution in [2.45, 2.75) is 38.4 Å². The van der Waals surface area contributed by atoms with E-state index in [9.17, 15) is 0 Å².